The molecule has 25 heavy (non-hydrogen) atoms. The molecule has 0 aromatic heterocycles. The zero-order chi connectivity index (χ0) is 18.2. The number of sulfone groups is 1. The second-order valence-corrected chi connectivity index (χ2v) is 10.5. The highest BCUT2D eigenvalue weighted by Gasteiger charge is 2.39. The number of aryl methyl sites for hydroxylation is 2. The first kappa shape index (κ1) is 17.9. The Morgan fingerprint density at radius 3 is 1.92 bits per heavy atom. The van der Waals surface area contributed by atoms with Crippen molar-refractivity contribution in [1.29, 1.82) is 0 Å². The zero-order valence-corrected chi connectivity index (χ0v) is 15.8. The lowest BCUT2D eigenvalue weighted by molar-refractivity contribution is 0.580. The first-order chi connectivity index (χ1) is 11.7. The highest BCUT2D eigenvalue weighted by molar-refractivity contribution is 7.93. The summed E-state index contributed by atoms with van der Waals surface area (Å²) in [7, 11) is -7.06. The molecule has 3 rings (SSSR count). The molecule has 2 aromatic rings. The fraction of sp³-hybridized carbons (Fsp3) is 0.333. The van der Waals surface area contributed by atoms with E-state index in [1.165, 1.54) is 4.31 Å². The van der Waals surface area contributed by atoms with Gasteiger partial charge < -0.3 is 0 Å². The molecule has 1 heterocycles. The fourth-order valence-electron chi connectivity index (χ4n) is 3.02. The quantitative estimate of drug-likeness (QED) is 0.819. The molecule has 1 saturated heterocycles. The van der Waals surface area contributed by atoms with Gasteiger partial charge in [0.15, 0.2) is 9.84 Å². The van der Waals surface area contributed by atoms with Crippen molar-refractivity contribution in [2.24, 2.45) is 0 Å². The van der Waals surface area contributed by atoms with Crippen molar-refractivity contribution in [3.63, 3.8) is 0 Å². The van der Waals surface area contributed by atoms with E-state index in [1.54, 1.807) is 36.4 Å². The number of anilines is 1. The Morgan fingerprint density at radius 2 is 1.44 bits per heavy atom. The second kappa shape index (κ2) is 6.46. The van der Waals surface area contributed by atoms with Gasteiger partial charge >= 0.3 is 0 Å². The summed E-state index contributed by atoms with van der Waals surface area (Å²) < 4.78 is 51.6. The Bertz CT molecular complexity index is 963. The summed E-state index contributed by atoms with van der Waals surface area (Å²) in [5, 5.41) is 0. The molecule has 0 bridgehead atoms. The summed E-state index contributed by atoms with van der Waals surface area (Å²) in [5.41, 5.74) is 2.47. The predicted octanol–water partition coefficient (Wildman–Crippen LogP) is 2.69. The van der Waals surface area contributed by atoms with Crippen molar-refractivity contribution in [3.8, 4) is 0 Å². The molecule has 0 amide bonds. The van der Waals surface area contributed by atoms with Gasteiger partial charge in [-0.25, -0.2) is 16.8 Å². The summed E-state index contributed by atoms with van der Waals surface area (Å²) >= 11 is 0. The van der Waals surface area contributed by atoms with Crippen molar-refractivity contribution in [3.05, 3.63) is 59.7 Å². The van der Waals surface area contributed by atoms with Gasteiger partial charge in [0.2, 0.25) is 0 Å². The van der Waals surface area contributed by atoms with E-state index < -0.39 is 25.9 Å². The van der Waals surface area contributed by atoms with Crippen LogP contribution < -0.4 is 4.31 Å². The summed E-state index contributed by atoms with van der Waals surface area (Å²) in [6.45, 7) is 3.81. The van der Waals surface area contributed by atoms with E-state index in [2.05, 4.69) is 0 Å². The molecular weight excluding hydrogens is 358 g/mol. The van der Waals surface area contributed by atoms with Crippen molar-refractivity contribution in [1.82, 2.24) is 0 Å². The smallest absolute Gasteiger partial charge is 0.262 e. The molecule has 1 aliphatic rings. The van der Waals surface area contributed by atoms with Crippen LogP contribution in [0.2, 0.25) is 0 Å². The maximum atomic E-state index is 13.3. The van der Waals surface area contributed by atoms with E-state index in [0.717, 1.165) is 11.1 Å². The topological polar surface area (TPSA) is 71.5 Å². The summed E-state index contributed by atoms with van der Waals surface area (Å²) in [4.78, 5) is 0.169. The van der Waals surface area contributed by atoms with Gasteiger partial charge in [-0.15, -0.1) is 0 Å². The van der Waals surface area contributed by atoms with E-state index in [4.69, 9.17) is 0 Å². The molecule has 5 nitrogen and oxygen atoms in total. The average molecular weight is 380 g/mol. The molecule has 0 radical (unpaired) electrons. The second-order valence-electron chi connectivity index (χ2n) is 6.51. The van der Waals surface area contributed by atoms with Crippen molar-refractivity contribution in [2.45, 2.75) is 31.2 Å². The molecule has 1 atom stereocenters. The molecular formula is C18H21NO4S2. The van der Waals surface area contributed by atoms with Crippen LogP contribution in [-0.4, -0.2) is 34.4 Å². The SMILES string of the molecule is Cc1ccc(N([C@H]2CCS(=O)(=O)C2)S(=O)(=O)c2ccc(C)cc2)cc1. The Morgan fingerprint density at radius 1 is 0.920 bits per heavy atom. The van der Waals surface area contributed by atoms with E-state index in [1.807, 2.05) is 26.0 Å². The molecule has 1 aliphatic heterocycles. The van der Waals surface area contributed by atoms with Gasteiger partial charge in [-0.1, -0.05) is 35.4 Å². The number of hydrogen-bond acceptors (Lipinski definition) is 4. The van der Waals surface area contributed by atoms with Crippen LogP contribution in [0.15, 0.2) is 53.4 Å². The third kappa shape index (κ3) is 3.72. The van der Waals surface area contributed by atoms with Crippen molar-refractivity contribution >= 4 is 25.5 Å². The van der Waals surface area contributed by atoms with Crippen molar-refractivity contribution < 1.29 is 16.8 Å². The number of nitrogens with zero attached hydrogens (tertiary/aromatic N) is 1. The highest BCUT2D eigenvalue weighted by Crippen LogP contribution is 2.31. The van der Waals surface area contributed by atoms with Gasteiger partial charge in [-0.2, -0.15) is 0 Å². The normalized spacial score (nSPS) is 19.7. The highest BCUT2D eigenvalue weighted by atomic mass is 32.2. The van der Waals surface area contributed by atoms with Gasteiger partial charge in [0.1, 0.15) is 0 Å². The van der Waals surface area contributed by atoms with Crippen LogP contribution >= 0.6 is 0 Å². The lowest BCUT2D eigenvalue weighted by Crippen LogP contribution is -2.41. The molecule has 7 heteroatoms. The van der Waals surface area contributed by atoms with Crippen LogP contribution in [-0.2, 0) is 19.9 Å². The average Bonchev–Trinajstić information content (AvgIpc) is 2.89. The lowest BCUT2D eigenvalue weighted by atomic mass is 10.2. The minimum atomic E-state index is -3.85. The van der Waals surface area contributed by atoms with Crippen LogP contribution in [0.25, 0.3) is 0 Å². The minimum absolute atomic E-state index is 0.0173. The molecule has 2 aromatic carbocycles. The Labute approximate surface area is 149 Å². The van der Waals surface area contributed by atoms with Gasteiger partial charge in [-0.3, -0.25) is 4.31 Å². The van der Waals surface area contributed by atoms with E-state index in [0.29, 0.717) is 12.1 Å². The lowest BCUT2D eigenvalue weighted by Gasteiger charge is -2.29. The van der Waals surface area contributed by atoms with E-state index in [9.17, 15) is 16.8 Å². The molecule has 0 saturated carbocycles. The maximum absolute atomic E-state index is 13.3. The van der Waals surface area contributed by atoms with Crippen molar-refractivity contribution in [2.75, 3.05) is 15.8 Å². The molecule has 0 spiro atoms. The molecule has 1 fully saturated rings. The summed E-state index contributed by atoms with van der Waals surface area (Å²) in [6, 6.07) is 13.1. The first-order valence-electron chi connectivity index (χ1n) is 8.07. The van der Waals surface area contributed by atoms with Gasteiger partial charge in [0.25, 0.3) is 10.0 Å². The van der Waals surface area contributed by atoms with Crippen LogP contribution in [0.1, 0.15) is 17.5 Å². The number of sulfonamides is 1. The Hall–Kier alpha value is -1.86. The predicted molar refractivity (Wildman–Crippen MR) is 99.1 cm³/mol. The summed E-state index contributed by atoms with van der Waals surface area (Å²) in [5.74, 6) is -0.130. The zero-order valence-electron chi connectivity index (χ0n) is 14.2. The monoisotopic (exact) mass is 379 g/mol. The van der Waals surface area contributed by atoms with Crippen LogP contribution in [0, 0.1) is 13.8 Å². The van der Waals surface area contributed by atoms with Gasteiger partial charge in [-0.05, 0) is 44.5 Å². The molecule has 0 N–H and O–H groups in total. The van der Waals surface area contributed by atoms with Gasteiger partial charge in [0, 0.05) is 0 Å². The minimum Gasteiger partial charge on any atom is -0.262 e. The number of hydrogen-bond donors (Lipinski definition) is 0. The fourth-order valence-corrected chi connectivity index (χ4v) is 6.49. The maximum Gasteiger partial charge on any atom is 0.264 e. The number of benzene rings is 2. The van der Waals surface area contributed by atoms with Crippen LogP contribution in [0.5, 0.6) is 0 Å². The molecule has 0 aliphatic carbocycles. The van der Waals surface area contributed by atoms with Crippen LogP contribution in [0.4, 0.5) is 5.69 Å². The first-order valence-corrected chi connectivity index (χ1v) is 11.3. The largest absolute Gasteiger partial charge is 0.264 e. The van der Waals surface area contributed by atoms with Gasteiger partial charge in [0.05, 0.1) is 28.1 Å². The number of rotatable bonds is 4. The third-order valence-corrected chi connectivity index (χ3v) is 8.05. The third-order valence-electron chi connectivity index (χ3n) is 4.41. The summed E-state index contributed by atoms with van der Waals surface area (Å²) in [6.07, 6.45) is 0.307. The Kier molecular flexibility index (Phi) is 4.64. The Balaban J connectivity index is 2.10. The molecule has 134 valence electrons. The standard InChI is InChI=1S/C18H21NO4S2/c1-14-3-7-16(8-4-14)19(17-11-12-24(20,21)13-17)25(22,23)18-9-5-15(2)6-10-18/h3-10,17H,11-13H2,1-2H3/t17-/m0/s1. The molecule has 0 unspecified atom stereocenters. The van der Waals surface area contributed by atoms with Crippen LogP contribution in [0.3, 0.4) is 0 Å². The van der Waals surface area contributed by atoms with E-state index in [-0.39, 0.29) is 16.4 Å². The van der Waals surface area contributed by atoms with E-state index >= 15 is 0 Å².